The fraction of sp³-hybridized carbons (Fsp3) is 0.360. The van der Waals surface area contributed by atoms with Crippen LogP contribution >= 0.6 is 0 Å². The van der Waals surface area contributed by atoms with E-state index in [0.717, 1.165) is 18.2 Å². The molecule has 4 aromatic rings. The number of hydrogen-bond acceptors (Lipinski definition) is 4. The van der Waals surface area contributed by atoms with Crippen molar-refractivity contribution in [3.8, 4) is 11.4 Å². The van der Waals surface area contributed by atoms with Gasteiger partial charge >= 0.3 is 35.8 Å². The highest BCUT2D eigenvalue weighted by atomic mass is 19.4. The van der Waals surface area contributed by atoms with Gasteiger partial charge in [0.05, 0.1) is 29.2 Å². The van der Waals surface area contributed by atoms with E-state index in [1.54, 1.807) is 0 Å². The minimum absolute atomic E-state index is 0.0106. The molecule has 2 heterocycles. The molecule has 0 unspecified atom stereocenters. The summed E-state index contributed by atoms with van der Waals surface area (Å²) in [6.45, 7) is -2.37. The van der Waals surface area contributed by atoms with Gasteiger partial charge < -0.3 is 0 Å². The SMILES string of the molecule is O=c1c2ccccc2nc(-c2c(F)cccc2F)n1Cc1cn(CCC(F)(F)C(F)(F)C(F)(F)C(F)(F)C(F)(F)C(F)(F)F)nn1. The zero-order valence-electron chi connectivity index (χ0n) is 22.1. The zero-order chi connectivity index (χ0) is 34.7. The van der Waals surface area contributed by atoms with Gasteiger partial charge in [-0.1, -0.05) is 23.4 Å². The van der Waals surface area contributed by atoms with Crippen LogP contribution in [0.4, 0.5) is 65.9 Å². The van der Waals surface area contributed by atoms with Gasteiger partial charge in [0.25, 0.3) is 5.56 Å². The molecule has 0 amide bonds. The maximum atomic E-state index is 14.6. The lowest BCUT2D eigenvalue weighted by Crippen LogP contribution is -2.70. The second-order valence-corrected chi connectivity index (χ2v) is 9.66. The molecule has 0 aliphatic carbocycles. The summed E-state index contributed by atoms with van der Waals surface area (Å²) in [7, 11) is 0. The van der Waals surface area contributed by atoms with Gasteiger partial charge in [0.15, 0.2) is 0 Å². The van der Waals surface area contributed by atoms with Crippen LogP contribution in [0.1, 0.15) is 12.1 Å². The lowest BCUT2D eigenvalue weighted by Gasteiger charge is -2.39. The van der Waals surface area contributed by atoms with E-state index in [-0.39, 0.29) is 15.6 Å². The number of aryl methyl sites for hydroxylation is 1. The molecular weight excluding hydrogens is 671 g/mol. The molecule has 4 rings (SSSR count). The predicted octanol–water partition coefficient (Wildman–Crippen LogP) is 7.11. The van der Waals surface area contributed by atoms with Crippen LogP contribution in [-0.2, 0) is 13.1 Å². The number of alkyl halides is 13. The van der Waals surface area contributed by atoms with Crippen LogP contribution in [0.25, 0.3) is 22.3 Å². The molecule has 250 valence electrons. The predicted molar refractivity (Wildman–Crippen MR) is 126 cm³/mol. The Kier molecular flexibility index (Phi) is 8.39. The van der Waals surface area contributed by atoms with Gasteiger partial charge in [-0.2, -0.15) is 57.1 Å². The lowest BCUT2D eigenvalue weighted by atomic mass is 9.92. The summed E-state index contributed by atoms with van der Waals surface area (Å²) in [5.74, 6) is -40.5. The quantitative estimate of drug-likeness (QED) is 0.167. The highest BCUT2D eigenvalue weighted by Crippen LogP contribution is 2.60. The number of rotatable bonds is 10. The molecular formula is C25H14F15N5O. The first-order valence-corrected chi connectivity index (χ1v) is 12.3. The average Bonchev–Trinajstić information content (AvgIpc) is 3.40. The van der Waals surface area contributed by atoms with E-state index < -0.39 is 89.6 Å². The van der Waals surface area contributed by atoms with Crippen LogP contribution in [0.2, 0.25) is 0 Å². The molecule has 46 heavy (non-hydrogen) atoms. The van der Waals surface area contributed by atoms with Gasteiger partial charge in [-0.3, -0.25) is 14.0 Å². The second-order valence-electron chi connectivity index (χ2n) is 9.66. The molecule has 0 aliphatic heterocycles. The third-order valence-electron chi connectivity index (χ3n) is 6.61. The Morgan fingerprint density at radius 1 is 0.696 bits per heavy atom. The van der Waals surface area contributed by atoms with Gasteiger partial charge in [-0.25, -0.2) is 13.8 Å². The Morgan fingerprint density at radius 3 is 1.85 bits per heavy atom. The Morgan fingerprint density at radius 2 is 1.26 bits per heavy atom. The second kappa shape index (κ2) is 11.2. The molecule has 0 saturated heterocycles. The first-order chi connectivity index (χ1) is 21.0. The molecule has 0 saturated carbocycles. The van der Waals surface area contributed by atoms with Crippen molar-refractivity contribution in [2.24, 2.45) is 0 Å². The highest BCUT2D eigenvalue weighted by molar-refractivity contribution is 5.79. The number of para-hydroxylation sites is 1. The van der Waals surface area contributed by atoms with Crippen LogP contribution in [0, 0.1) is 11.6 Å². The summed E-state index contributed by atoms with van der Waals surface area (Å²) >= 11 is 0. The largest absolute Gasteiger partial charge is 0.460 e. The average molecular weight is 685 g/mol. The number of hydrogen-bond donors (Lipinski definition) is 0. The fourth-order valence-electron chi connectivity index (χ4n) is 4.11. The van der Waals surface area contributed by atoms with Crippen molar-refractivity contribution >= 4 is 10.9 Å². The fourth-order valence-corrected chi connectivity index (χ4v) is 4.11. The van der Waals surface area contributed by atoms with Crippen LogP contribution in [0.5, 0.6) is 0 Å². The molecule has 0 atom stereocenters. The molecule has 0 radical (unpaired) electrons. The van der Waals surface area contributed by atoms with Gasteiger partial charge in [0.1, 0.15) is 23.2 Å². The van der Waals surface area contributed by atoms with Gasteiger partial charge in [0, 0.05) is 13.0 Å². The van der Waals surface area contributed by atoms with Crippen LogP contribution in [0.3, 0.4) is 0 Å². The highest BCUT2D eigenvalue weighted by Gasteiger charge is 2.90. The van der Waals surface area contributed by atoms with Crippen LogP contribution in [0.15, 0.2) is 53.5 Å². The molecule has 0 spiro atoms. The molecule has 0 fully saturated rings. The summed E-state index contributed by atoms with van der Waals surface area (Å²) in [4.78, 5) is 17.3. The topological polar surface area (TPSA) is 65.6 Å². The number of halogens is 15. The molecule has 21 heteroatoms. The third kappa shape index (κ3) is 5.41. The number of fused-ring (bicyclic) bond motifs is 1. The van der Waals surface area contributed by atoms with Crippen molar-refractivity contribution in [2.45, 2.75) is 55.3 Å². The van der Waals surface area contributed by atoms with Crippen molar-refractivity contribution in [1.29, 1.82) is 0 Å². The summed E-state index contributed by atoms with van der Waals surface area (Å²) < 4.78 is 204. The Bertz CT molecular complexity index is 1790. The van der Waals surface area contributed by atoms with Crippen molar-refractivity contribution in [3.05, 3.63) is 76.3 Å². The van der Waals surface area contributed by atoms with Crippen molar-refractivity contribution < 1.29 is 65.9 Å². The minimum atomic E-state index is -8.03. The Hall–Kier alpha value is -4.33. The van der Waals surface area contributed by atoms with E-state index in [4.69, 9.17) is 0 Å². The Balaban J connectivity index is 1.63. The van der Waals surface area contributed by atoms with E-state index in [1.165, 1.54) is 24.3 Å². The number of aromatic nitrogens is 5. The van der Waals surface area contributed by atoms with Gasteiger partial charge in [-0.05, 0) is 24.3 Å². The molecule has 0 bridgehead atoms. The number of benzene rings is 2. The van der Waals surface area contributed by atoms with Crippen LogP contribution < -0.4 is 5.56 Å². The van der Waals surface area contributed by atoms with Crippen molar-refractivity contribution in [3.63, 3.8) is 0 Å². The smallest absolute Gasteiger partial charge is 0.286 e. The summed E-state index contributed by atoms with van der Waals surface area (Å²) in [5.41, 5.74) is -2.13. The first-order valence-electron chi connectivity index (χ1n) is 12.3. The zero-order valence-corrected chi connectivity index (χ0v) is 22.1. The normalized spacial score (nSPS) is 13.9. The van der Waals surface area contributed by atoms with Gasteiger partial charge in [-0.15, -0.1) is 5.10 Å². The third-order valence-corrected chi connectivity index (χ3v) is 6.61. The Labute approximate surface area is 245 Å². The van der Waals surface area contributed by atoms with E-state index in [2.05, 4.69) is 15.3 Å². The van der Waals surface area contributed by atoms with E-state index in [9.17, 15) is 70.7 Å². The number of nitrogens with zero attached hydrogens (tertiary/aromatic N) is 5. The summed E-state index contributed by atoms with van der Waals surface area (Å²) in [6.07, 6.45) is -9.47. The molecule has 0 N–H and O–H groups in total. The molecule has 2 aromatic heterocycles. The maximum absolute atomic E-state index is 14.6. The van der Waals surface area contributed by atoms with E-state index >= 15 is 0 Å². The van der Waals surface area contributed by atoms with Crippen LogP contribution in [-0.4, -0.2) is 60.3 Å². The lowest BCUT2D eigenvalue weighted by molar-refractivity contribution is -0.440. The molecule has 2 aromatic carbocycles. The minimum Gasteiger partial charge on any atom is -0.286 e. The van der Waals surface area contributed by atoms with Gasteiger partial charge in [0.2, 0.25) is 0 Å². The maximum Gasteiger partial charge on any atom is 0.460 e. The van der Waals surface area contributed by atoms with Crippen molar-refractivity contribution in [2.75, 3.05) is 0 Å². The standard InChI is InChI=1S/C25H14F15N5O/c26-14-5-3-6-15(27)17(14)18-41-16-7-2-1-4-13(16)19(46)45(18)11-12-10-44(43-42-12)9-8-20(28,29)21(30,31)22(32,33)23(34,35)24(36,37)25(38,39)40/h1-7,10H,8-9,11H2. The summed E-state index contributed by atoms with van der Waals surface area (Å²) in [5, 5.41) is 6.57. The first kappa shape index (κ1) is 34.5. The van der Waals surface area contributed by atoms with Crippen molar-refractivity contribution in [1.82, 2.24) is 24.5 Å². The van der Waals surface area contributed by atoms with E-state index in [0.29, 0.717) is 10.8 Å². The monoisotopic (exact) mass is 685 g/mol. The van der Waals surface area contributed by atoms with E-state index in [1.807, 2.05) is 0 Å². The molecule has 6 nitrogen and oxygen atoms in total. The summed E-state index contributed by atoms with van der Waals surface area (Å²) in [6, 6.07) is 8.14. The molecule has 0 aliphatic rings.